The molecule has 0 aromatic carbocycles. The molecule has 4 nitrogen and oxygen atoms in total. The van der Waals surface area contributed by atoms with Gasteiger partial charge in [0.1, 0.15) is 0 Å². The molecule has 0 spiro atoms. The molecule has 0 aromatic rings. The lowest BCUT2D eigenvalue weighted by atomic mass is 10.0. The Hall–Kier alpha value is -0.610. The van der Waals surface area contributed by atoms with Gasteiger partial charge in [0, 0.05) is 12.6 Å². The minimum atomic E-state index is -0.351. The topological polar surface area (TPSA) is 58.4 Å². The highest BCUT2D eigenvalue weighted by Gasteiger charge is 2.23. The number of likely N-dealkylation sites (tertiary alicyclic amines) is 1. The molecule has 0 aliphatic carbocycles. The lowest BCUT2D eigenvalue weighted by Gasteiger charge is -2.18. The van der Waals surface area contributed by atoms with Crippen LogP contribution >= 0.6 is 0 Å². The van der Waals surface area contributed by atoms with Gasteiger partial charge < -0.3 is 16.0 Å². The first kappa shape index (κ1) is 12.5. The van der Waals surface area contributed by atoms with Crippen LogP contribution < -0.4 is 11.1 Å². The Morgan fingerprint density at radius 2 is 2.27 bits per heavy atom. The third kappa shape index (κ3) is 4.18. The number of hydrogen-bond acceptors (Lipinski definition) is 3. The summed E-state index contributed by atoms with van der Waals surface area (Å²) < 4.78 is 0. The lowest BCUT2D eigenvalue weighted by molar-refractivity contribution is -0.123. The van der Waals surface area contributed by atoms with Crippen LogP contribution in [0.2, 0.25) is 0 Å². The number of nitrogens with two attached hydrogens (primary N) is 1. The Kier molecular flexibility index (Phi) is 4.54. The molecule has 2 unspecified atom stereocenters. The summed E-state index contributed by atoms with van der Waals surface area (Å²) in [5.41, 5.74) is 5.81. The van der Waals surface area contributed by atoms with E-state index >= 15 is 0 Å². The van der Waals surface area contributed by atoms with E-state index in [9.17, 15) is 4.79 Å². The number of amides is 1. The number of carbonyl (C=O) groups is 1. The molecule has 1 rings (SSSR count). The molecule has 0 aromatic heterocycles. The van der Waals surface area contributed by atoms with Crippen molar-refractivity contribution in [3.05, 3.63) is 0 Å². The van der Waals surface area contributed by atoms with E-state index in [-0.39, 0.29) is 11.9 Å². The second kappa shape index (κ2) is 5.47. The predicted octanol–water partition coefficient (Wildman–Crippen LogP) is 0.180. The van der Waals surface area contributed by atoms with Gasteiger partial charge in [-0.2, -0.15) is 0 Å². The molecule has 1 aliphatic heterocycles. The van der Waals surface area contributed by atoms with Gasteiger partial charge in [0.25, 0.3) is 0 Å². The van der Waals surface area contributed by atoms with E-state index in [0.29, 0.717) is 12.0 Å². The van der Waals surface area contributed by atoms with E-state index in [1.165, 1.54) is 0 Å². The molecule has 4 heteroatoms. The molecule has 0 radical (unpaired) electrons. The molecule has 88 valence electrons. The predicted molar refractivity (Wildman–Crippen MR) is 61.5 cm³/mol. The van der Waals surface area contributed by atoms with Gasteiger partial charge >= 0.3 is 0 Å². The zero-order valence-electron chi connectivity index (χ0n) is 9.99. The molecular weight excluding hydrogens is 190 g/mol. The van der Waals surface area contributed by atoms with Gasteiger partial charge in [-0.1, -0.05) is 13.8 Å². The zero-order valence-corrected chi connectivity index (χ0v) is 9.99. The molecule has 3 N–H and O–H groups in total. The van der Waals surface area contributed by atoms with Gasteiger partial charge in [0.15, 0.2) is 0 Å². The van der Waals surface area contributed by atoms with Gasteiger partial charge in [-0.25, -0.2) is 0 Å². The summed E-state index contributed by atoms with van der Waals surface area (Å²) in [6.07, 6.45) is 1.80. The maximum absolute atomic E-state index is 11.7. The van der Waals surface area contributed by atoms with Crippen molar-refractivity contribution in [2.24, 2.45) is 11.7 Å². The van der Waals surface area contributed by atoms with E-state index in [2.05, 4.69) is 31.1 Å². The summed E-state index contributed by atoms with van der Waals surface area (Å²) in [4.78, 5) is 13.9. The molecule has 1 fully saturated rings. The Morgan fingerprint density at radius 1 is 1.60 bits per heavy atom. The third-order valence-electron chi connectivity index (χ3n) is 2.80. The molecule has 2 atom stereocenters. The minimum Gasteiger partial charge on any atom is -0.351 e. The Balaban J connectivity index is 2.28. The number of carbonyl (C=O) groups excluding carboxylic acids is 1. The molecule has 1 saturated heterocycles. The van der Waals surface area contributed by atoms with Crippen LogP contribution in [0.3, 0.4) is 0 Å². The molecule has 0 bridgehead atoms. The summed E-state index contributed by atoms with van der Waals surface area (Å²) in [5.74, 6) is 0.473. The van der Waals surface area contributed by atoms with Crippen molar-refractivity contribution >= 4 is 5.91 Å². The van der Waals surface area contributed by atoms with Crippen LogP contribution in [0, 0.1) is 5.92 Å². The van der Waals surface area contributed by atoms with Gasteiger partial charge in [0.05, 0.1) is 6.04 Å². The number of rotatable bonds is 4. The van der Waals surface area contributed by atoms with Crippen molar-refractivity contribution in [2.75, 3.05) is 20.1 Å². The van der Waals surface area contributed by atoms with Crippen molar-refractivity contribution < 1.29 is 4.79 Å². The first-order chi connectivity index (χ1) is 6.99. The molecule has 1 aliphatic rings. The van der Waals surface area contributed by atoms with Crippen LogP contribution in [0.1, 0.15) is 26.7 Å². The highest BCUT2D eigenvalue weighted by atomic mass is 16.2. The zero-order chi connectivity index (χ0) is 11.4. The lowest BCUT2D eigenvalue weighted by Crippen LogP contribution is -2.46. The van der Waals surface area contributed by atoms with Crippen LogP contribution in [-0.4, -0.2) is 43.0 Å². The number of nitrogens with zero attached hydrogens (tertiary/aromatic N) is 1. The van der Waals surface area contributed by atoms with Crippen LogP contribution in [0.5, 0.6) is 0 Å². The highest BCUT2D eigenvalue weighted by molar-refractivity contribution is 5.81. The van der Waals surface area contributed by atoms with E-state index in [4.69, 9.17) is 5.73 Å². The summed E-state index contributed by atoms with van der Waals surface area (Å²) in [6, 6.07) is -0.0587. The van der Waals surface area contributed by atoms with Crippen molar-refractivity contribution in [2.45, 2.75) is 38.8 Å². The smallest absolute Gasteiger partial charge is 0.237 e. The number of hydrogen-bond donors (Lipinski definition) is 2. The van der Waals surface area contributed by atoms with Crippen LogP contribution in [0.15, 0.2) is 0 Å². The molecule has 0 saturated carbocycles. The maximum Gasteiger partial charge on any atom is 0.237 e. The van der Waals surface area contributed by atoms with Gasteiger partial charge in [0.2, 0.25) is 5.91 Å². The normalized spacial score (nSPS) is 24.5. The fourth-order valence-electron chi connectivity index (χ4n) is 1.98. The summed E-state index contributed by atoms with van der Waals surface area (Å²) >= 11 is 0. The molecule has 15 heavy (non-hydrogen) atoms. The van der Waals surface area contributed by atoms with E-state index in [0.717, 1.165) is 25.9 Å². The first-order valence-corrected chi connectivity index (χ1v) is 5.73. The third-order valence-corrected chi connectivity index (χ3v) is 2.80. The average molecular weight is 213 g/mol. The van der Waals surface area contributed by atoms with Crippen LogP contribution in [-0.2, 0) is 4.79 Å². The summed E-state index contributed by atoms with van der Waals surface area (Å²) in [7, 11) is 2.07. The Bertz CT molecular complexity index is 218. The second-order valence-electron chi connectivity index (χ2n) is 4.99. The van der Waals surface area contributed by atoms with E-state index in [1.54, 1.807) is 0 Å². The minimum absolute atomic E-state index is 0.00370. The monoisotopic (exact) mass is 213 g/mol. The summed E-state index contributed by atoms with van der Waals surface area (Å²) in [6.45, 7) is 6.16. The van der Waals surface area contributed by atoms with Crippen molar-refractivity contribution in [1.82, 2.24) is 10.2 Å². The number of likely N-dealkylation sites (N-methyl/N-ethyl adjacent to an activating group) is 1. The molecule has 1 heterocycles. The average Bonchev–Trinajstić information content (AvgIpc) is 2.50. The fourth-order valence-corrected chi connectivity index (χ4v) is 1.98. The van der Waals surface area contributed by atoms with E-state index < -0.39 is 0 Å². The highest BCUT2D eigenvalue weighted by Crippen LogP contribution is 2.07. The maximum atomic E-state index is 11.7. The molecular formula is C11H23N3O. The Labute approximate surface area is 92.2 Å². The quantitative estimate of drug-likeness (QED) is 0.700. The van der Waals surface area contributed by atoms with Gasteiger partial charge in [-0.15, -0.1) is 0 Å². The largest absolute Gasteiger partial charge is 0.351 e. The Morgan fingerprint density at radius 3 is 2.73 bits per heavy atom. The summed E-state index contributed by atoms with van der Waals surface area (Å²) in [5, 5.41) is 3.01. The van der Waals surface area contributed by atoms with Gasteiger partial charge in [-0.05, 0) is 32.4 Å². The fraction of sp³-hybridized carbons (Fsp3) is 0.909. The SMILES string of the molecule is CC(C)CC(N)C(=O)NC1CCN(C)C1. The van der Waals surface area contributed by atoms with E-state index in [1.807, 2.05) is 0 Å². The second-order valence-corrected chi connectivity index (χ2v) is 4.99. The van der Waals surface area contributed by atoms with Crippen molar-refractivity contribution in [3.8, 4) is 0 Å². The standard InChI is InChI=1S/C11H23N3O/c1-8(2)6-10(12)11(15)13-9-4-5-14(3)7-9/h8-10H,4-7,12H2,1-3H3,(H,13,15). The number of nitrogens with one attached hydrogen (secondary N) is 1. The van der Waals surface area contributed by atoms with Crippen molar-refractivity contribution in [1.29, 1.82) is 0 Å². The first-order valence-electron chi connectivity index (χ1n) is 5.73. The van der Waals surface area contributed by atoms with Gasteiger partial charge in [-0.3, -0.25) is 4.79 Å². The van der Waals surface area contributed by atoms with Crippen molar-refractivity contribution in [3.63, 3.8) is 0 Å². The van der Waals surface area contributed by atoms with Crippen LogP contribution in [0.4, 0.5) is 0 Å². The molecule has 1 amide bonds. The van der Waals surface area contributed by atoms with Crippen LogP contribution in [0.25, 0.3) is 0 Å².